The van der Waals surface area contributed by atoms with E-state index in [4.69, 9.17) is 9.15 Å². The van der Waals surface area contributed by atoms with Crippen molar-refractivity contribution in [2.45, 2.75) is 39.2 Å². The largest absolute Gasteiger partial charge is 0.483 e. The number of nitrogens with one attached hydrogen (secondary N) is 1. The molecule has 1 aromatic heterocycles. The van der Waals surface area contributed by atoms with Crippen LogP contribution in [-0.2, 0) is 4.79 Å². The quantitative estimate of drug-likeness (QED) is 0.474. The zero-order valence-electron chi connectivity index (χ0n) is 18.3. The Balaban J connectivity index is 1.51. The third kappa shape index (κ3) is 4.67. The van der Waals surface area contributed by atoms with Crippen molar-refractivity contribution in [1.29, 1.82) is 0 Å². The van der Waals surface area contributed by atoms with Gasteiger partial charge in [-0.2, -0.15) is 0 Å². The standard InChI is InChI=1S/C25H27BrN2O4/c1-3-20(27-25(30)24-16(2)19-14-17(26)10-11-22(19)32-24)18-8-4-5-9-21(18)31-15-23(29)28-12-6-7-13-28/h4-5,8-11,14,20H,3,6-7,12-13,15H2,1-2H3,(H,27,30). The van der Waals surface area contributed by atoms with E-state index in [1.807, 2.05) is 61.2 Å². The summed E-state index contributed by atoms with van der Waals surface area (Å²) in [5.41, 5.74) is 2.32. The van der Waals surface area contributed by atoms with Gasteiger partial charge in [-0.25, -0.2) is 0 Å². The van der Waals surface area contributed by atoms with Crippen LogP contribution in [0.2, 0.25) is 0 Å². The number of hydrogen-bond acceptors (Lipinski definition) is 4. The minimum absolute atomic E-state index is 0.00104. The molecule has 2 amide bonds. The van der Waals surface area contributed by atoms with Gasteiger partial charge in [-0.3, -0.25) is 9.59 Å². The number of halogens is 1. The Morgan fingerprint density at radius 3 is 2.69 bits per heavy atom. The normalized spacial score (nSPS) is 14.5. The first-order chi connectivity index (χ1) is 15.5. The molecule has 0 aliphatic carbocycles. The van der Waals surface area contributed by atoms with E-state index in [0.717, 1.165) is 46.9 Å². The Morgan fingerprint density at radius 1 is 1.19 bits per heavy atom. The first-order valence-electron chi connectivity index (χ1n) is 11.0. The molecule has 4 rings (SSSR count). The summed E-state index contributed by atoms with van der Waals surface area (Å²) in [5, 5.41) is 3.98. The number of carbonyl (C=O) groups excluding carboxylic acids is 2. The lowest BCUT2D eigenvalue weighted by molar-refractivity contribution is -0.132. The second-order valence-corrected chi connectivity index (χ2v) is 8.96. The van der Waals surface area contributed by atoms with Crippen molar-refractivity contribution in [3.05, 3.63) is 63.8 Å². The van der Waals surface area contributed by atoms with E-state index >= 15 is 0 Å². The van der Waals surface area contributed by atoms with Gasteiger partial charge in [0.15, 0.2) is 12.4 Å². The van der Waals surface area contributed by atoms with Crippen molar-refractivity contribution in [2.75, 3.05) is 19.7 Å². The molecule has 1 atom stereocenters. The number of amides is 2. The van der Waals surface area contributed by atoms with Gasteiger partial charge in [0.05, 0.1) is 6.04 Å². The van der Waals surface area contributed by atoms with E-state index in [1.165, 1.54) is 0 Å². The molecule has 0 saturated carbocycles. The number of ether oxygens (including phenoxy) is 1. The van der Waals surface area contributed by atoms with Gasteiger partial charge in [0.2, 0.25) is 0 Å². The van der Waals surface area contributed by atoms with Crippen molar-refractivity contribution >= 4 is 38.7 Å². The monoisotopic (exact) mass is 498 g/mol. The number of nitrogens with zero attached hydrogens (tertiary/aromatic N) is 1. The summed E-state index contributed by atoms with van der Waals surface area (Å²) in [4.78, 5) is 27.3. The third-order valence-electron chi connectivity index (χ3n) is 5.92. The summed E-state index contributed by atoms with van der Waals surface area (Å²) in [6.45, 7) is 5.48. The van der Waals surface area contributed by atoms with E-state index in [-0.39, 0.29) is 24.5 Å². The van der Waals surface area contributed by atoms with Gasteiger partial charge >= 0.3 is 0 Å². The van der Waals surface area contributed by atoms with Crippen molar-refractivity contribution in [1.82, 2.24) is 10.2 Å². The molecule has 6 nitrogen and oxygen atoms in total. The van der Waals surface area contributed by atoms with Crippen LogP contribution in [0.3, 0.4) is 0 Å². The number of likely N-dealkylation sites (tertiary alicyclic amines) is 1. The Bertz CT molecular complexity index is 1130. The van der Waals surface area contributed by atoms with Crippen LogP contribution in [0.5, 0.6) is 5.75 Å². The van der Waals surface area contributed by atoms with E-state index in [9.17, 15) is 9.59 Å². The fourth-order valence-corrected chi connectivity index (χ4v) is 4.49. The Morgan fingerprint density at radius 2 is 1.94 bits per heavy atom. The molecule has 7 heteroatoms. The van der Waals surface area contributed by atoms with Crippen molar-refractivity contribution in [3.63, 3.8) is 0 Å². The molecular weight excluding hydrogens is 472 g/mol. The number of fused-ring (bicyclic) bond motifs is 1. The van der Waals surface area contributed by atoms with Gasteiger partial charge in [0, 0.05) is 34.1 Å². The molecular formula is C25H27BrN2O4. The summed E-state index contributed by atoms with van der Waals surface area (Å²) < 4.78 is 12.7. The molecule has 1 aliphatic rings. The summed E-state index contributed by atoms with van der Waals surface area (Å²) in [5.74, 6) is 0.639. The first kappa shape index (κ1) is 22.4. The molecule has 0 spiro atoms. The van der Waals surface area contributed by atoms with E-state index in [1.54, 1.807) is 0 Å². The summed E-state index contributed by atoms with van der Waals surface area (Å²) in [6.07, 6.45) is 2.76. The Labute approximate surface area is 196 Å². The number of aryl methyl sites for hydroxylation is 1. The molecule has 1 N–H and O–H groups in total. The third-order valence-corrected chi connectivity index (χ3v) is 6.42. The molecule has 0 radical (unpaired) electrons. The number of carbonyl (C=O) groups is 2. The molecule has 2 aromatic carbocycles. The molecule has 1 aliphatic heterocycles. The second kappa shape index (κ2) is 9.77. The van der Waals surface area contributed by atoms with Crippen LogP contribution >= 0.6 is 15.9 Å². The number of hydrogen-bond donors (Lipinski definition) is 1. The molecule has 3 aromatic rings. The molecule has 0 bridgehead atoms. The zero-order valence-corrected chi connectivity index (χ0v) is 19.9. The predicted molar refractivity (Wildman–Crippen MR) is 127 cm³/mol. The summed E-state index contributed by atoms with van der Waals surface area (Å²) >= 11 is 3.47. The maximum atomic E-state index is 13.1. The summed E-state index contributed by atoms with van der Waals surface area (Å²) in [6, 6.07) is 12.9. The summed E-state index contributed by atoms with van der Waals surface area (Å²) in [7, 11) is 0. The fraction of sp³-hybridized carbons (Fsp3) is 0.360. The Kier molecular flexibility index (Phi) is 6.84. The minimum Gasteiger partial charge on any atom is -0.483 e. The lowest BCUT2D eigenvalue weighted by Crippen LogP contribution is -2.32. The van der Waals surface area contributed by atoms with Gasteiger partial charge < -0.3 is 19.4 Å². The molecule has 1 unspecified atom stereocenters. The van der Waals surface area contributed by atoms with Crippen molar-refractivity contribution in [2.24, 2.45) is 0 Å². The highest BCUT2D eigenvalue weighted by molar-refractivity contribution is 9.10. The fourth-order valence-electron chi connectivity index (χ4n) is 4.13. The van der Waals surface area contributed by atoms with Crippen LogP contribution < -0.4 is 10.1 Å². The first-order valence-corrected chi connectivity index (χ1v) is 11.8. The van der Waals surface area contributed by atoms with Crippen molar-refractivity contribution in [3.8, 4) is 5.75 Å². The lowest BCUT2D eigenvalue weighted by Gasteiger charge is -2.21. The maximum absolute atomic E-state index is 13.1. The van der Waals surface area contributed by atoms with E-state index in [0.29, 0.717) is 23.5 Å². The Hall–Kier alpha value is -2.80. The predicted octanol–water partition coefficient (Wildman–Crippen LogP) is 5.39. The van der Waals surface area contributed by atoms with Crippen LogP contribution in [0.4, 0.5) is 0 Å². The highest BCUT2D eigenvalue weighted by Crippen LogP contribution is 2.31. The van der Waals surface area contributed by atoms with E-state index in [2.05, 4.69) is 21.2 Å². The molecule has 32 heavy (non-hydrogen) atoms. The van der Waals surface area contributed by atoms with Crippen molar-refractivity contribution < 1.29 is 18.7 Å². The van der Waals surface area contributed by atoms with Crippen LogP contribution in [0, 0.1) is 6.92 Å². The van der Waals surface area contributed by atoms with Gasteiger partial charge in [-0.15, -0.1) is 0 Å². The maximum Gasteiger partial charge on any atom is 0.287 e. The molecule has 2 heterocycles. The van der Waals surface area contributed by atoms with Crippen LogP contribution in [0.15, 0.2) is 51.4 Å². The van der Waals surface area contributed by atoms with Gasteiger partial charge in [-0.1, -0.05) is 41.1 Å². The second-order valence-electron chi connectivity index (χ2n) is 8.05. The number of para-hydroxylation sites is 1. The number of rotatable bonds is 7. The number of furan rings is 1. The lowest BCUT2D eigenvalue weighted by atomic mass is 10.0. The van der Waals surface area contributed by atoms with Crippen LogP contribution in [0.25, 0.3) is 11.0 Å². The molecule has 1 fully saturated rings. The van der Waals surface area contributed by atoms with Gasteiger partial charge in [0.25, 0.3) is 11.8 Å². The average molecular weight is 499 g/mol. The molecule has 1 saturated heterocycles. The molecule has 168 valence electrons. The van der Waals surface area contributed by atoms with Gasteiger partial charge in [0.1, 0.15) is 11.3 Å². The van der Waals surface area contributed by atoms with Crippen LogP contribution in [-0.4, -0.2) is 36.4 Å². The van der Waals surface area contributed by atoms with Gasteiger partial charge in [-0.05, 0) is 50.5 Å². The van der Waals surface area contributed by atoms with Crippen LogP contribution in [0.1, 0.15) is 53.9 Å². The number of benzene rings is 2. The smallest absolute Gasteiger partial charge is 0.287 e. The average Bonchev–Trinajstić information content (AvgIpc) is 3.45. The van der Waals surface area contributed by atoms with E-state index < -0.39 is 0 Å². The SMILES string of the molecule is CCC(NC(=O)c1oc2ccc(Br)cc2c1C)c1ccccc1OCC(=O)N1CCCC1. The highest BCUT2D eigenvalue weighted by Gasteiger charge is 2.24. The highest BCUT2D eigenvalue weighted by atomic mass is 79.9. The zero-order chi connectivity index (χ0) is 22.7. The topological polar surface area (TPSA) is 71.8 Å². The minimum atomic E-state index is -0.278.